The molecule has 2 heterocycles. The minimum absolute atomic E-state index is 0.186. The molecule has 1 aromatic rings. The van der Waals surface area contributed by atoms with E-state index in [1.165, 1.54) is 0 Å². The van der Waals surface area contributed by atoms with E-state index in [-0.39, 0.29) is 5.91 Å². The van der Waals surface area contributed by atoms with Crippen LogP contribution in [0.5, 0.6) is 0 Å². The van der Waals surface area contributed by atoms with Crippen molar-refractivity contribution in [2.75, 3.05) is 4.90 Å². The average Bonchev–Trinajstić information content (AvgIpc) is 2.52. The summed E-state index contributed by atoms with van der Waals surface area (Å²) < 4.78 is 0. The van der Waals surface area contributed by atoms with Crippen LogP contribution in [0, 0.1) is 0 Å². The number of hydrogen-bond donors (Lipinski definition) is 1. The van der Waals surface area contributed by atoms with Crippen LogP contribution >= 0.6 is 0 Å². The average molecular weight is 165 g/mol. The Morgan fingerprint density at radius 2 is 2.67 bits per heavy atom. The molecular weight excluding hydrogens is 154 g/mol. The normalized spacial score (nSPS) is 22.6. The minimum atomic E-state index is 0.186. The number of H-pyrrole nitrogens is 1. The lowest BCUT2D eigenvalue weighted by atomic mass is 10.00. The quantitative estimate of drug-likeness (QED) is 0.662. The van der Waals surface area contributed by atoms with E-state index < -0.39 is 0 Å². The smallest absolute Gasteiger partial charge is 0.230 e. The van der Waals surface area contributed by atoms with Gasteiger partial charge in [0.25, 0.3) is 0 Å². The van der Waals surface area contributed by atoms with Crippen LogP contribution < -0.4 is 4.90 Å². The number of amides is 1. The molecule has 0 aromatic carbocycles. The Morgan fingerprint density at radius 1 is 1.83 bits per heavy atom. The first kappa shape index (κ1) is 7.34. The van der Waals surface area contributed by atoms with Crippen LogP contribution in [0.25, 0.3) is 0 Å². The van der Waals surface area contributed by atoms with Gasteiger partial charge >= 0.3 is 0 Å². The number of nitrogens with one attached hydrogen (secondary N) is 1. The van der Waals surface area contributed by atoms with Crippen LogP contribution in [-0.4, -0.2) is 22.1 Å². The summed E-state index contributed by atoms with van der Waals surface area (Å²) in [5, 5.41) is 6.60. The van der Waals surface area contributed by atoms with Gasteiger partial charge < -0.3 is 0 Å². The fraction of sp³-hybridized carbons (Fsp3) is 0.500. The zero-order valence-corrected chi connectivity index (χ0v) is 6.95. The minimum Gasteiger partial charge on any atom is -0.294 e. The largest absolute Gasteiger partial charge is 0.294 e. The van der Waals surface area contributed by atoms with Gasteiger partial charge in [0.2, 0.25) is 5.91 Å². The number of rotatable bonds is 2. The molecule has 12 heavy (non-hydrogen) atoms. The lowest BCUT2D eigenvalue weighted by Crippen LogP contribution is -2.52. The van der Waals surface area contributed by atoms with Crippen LogP contribution in [0.4, 0.5) is 5.82 Å². The van der Waals surface area contributed by atoms with Crippen LogP contribution in [0.2, 0.25) is 0 Å². The van der Waals surface area contributed by atoms with E-state index >= 15 is 0 Å². The third-order valence-electron chi connectivity index (χ3n) is 2.26. The lowest BCUT2D eigenvalue weighted by Gasteiger charge is -2.38. The van der Waals surface area contributed by atoms with Crippen molar-refractivity contribution in [3.8, 4) is 0 Å². The number of nitrogens with zero attached hydrogens (tertiary/aromatic N) is 2. The predicted molar refractivity (Wildman–Crippen MR) is 44.8 cm³/mol. The van der Waals surface area contributed by atoms with Crippen molar-refractivity contribution in [3.63, 3.8) is 0 Å². The van der Waals surface area contributed by atoms with Crippen molar-refractivity contribution in [1.29, 1.82) is 0 Å². The van der Waals surface area contributed by atoms with E-state index in [2.05, 4.69) is 17.1 Å². The van der Waals surface area contributed by atoms with Crippen molar-refractivity contribution >= 4 is 11.7 Å². The van der Waals surface area contributed by atoms with E-state index in [1.807, 2.05) is 6.07 Å². The van der Waals surface area contributed by atoms with E-state index in [9.17, 15) is 4.79 Å². The Bertz CT molecular complexity index is 281. The highest BCUT2D eigenvalue weighted by Crippen LogP contribution is 2.27. The number of carbonyl (C=O) groups excluding carboxylic acids is 1. The van der Waals surface area contributed by atoms with E-state index in [1.54, 1.807) is 11.1 Å². The Morgan fingerprint density at radius 3 is 3.17 bits per heavy atom. The SMILES string of the molecule is CCC1CC(=O)N1c1ccn[nH]1. The number of aromatic amines is 1. The molecule has 1 fully saturated rings. The fourth-order valence-corrected chi connectivity index (χ4v) is 1.52. The zero-order valence-electron chi connectivity index (χ0n) is 6.95. The van der Waals surface area contributed by atoms with Gasteiger partial charge in [-0.25, -0.2) is 0 Å². The van der Waals surface area contributed by atoms with Crippen molar-refractivity contribution in [1.82, 2.24) is 10.2 Å². The highest BCUT2D eigenvalue weighted by atomic mass is 16.2. The summed E-state index contributed by atoms with van der Waals surface area (Å²) in [7, 11) is 0. The van der Waals surface area contributed by atoms with Gasteiger partial charge in [-0.1, -0.05) is 6.92 Å². The number of carbonyl (C=O) groups is 1. The Hall–Kier alpha value is -1.32. The summed E-state index contributed by atoms with van der Waals surface area (Å²) in [4.78, 5) is 12.9. The molecule has 1 aliphatic heterocycles. The van der Waals surface area contributed by atoms with E-state index in [4.69, 9.17) is 0 Å². The van der Waals surface area contributed by atoms with Crippen LogP contribution in [0.15, 0.2) is 12.3 Å². The number of anilines is 1. The summed E-state index contributed by atoms with van der Waals surface area (Å²) in [6.07, 6.45) is 3.34. The monoisotopic (exact) mass is 165 g/mol. The summed E-state index contributed by atoms with van der Waals surface area (Å²) in [6, 6.07) is 2.19. The third-order valence-corrected chi connectivity index (χ3v) is 2.26. The maximum absolute atomic E-state index is 11.2. The molecule has 0 aliphatic carbocycles. The number of aromatic nitrogens is 2. The number of β-lactam (4-membered cyclic amide) rings is 1. The molecule has 1 aliphatic rings. The first-order valence-electron chi connectivity index (χ1n) is 4.14. The molecular formula is C8H11N3O. The molecule has 1 amide bonds. The van der Waals surface area contributed by atoms with Gasteiger partial charge in [0.15, 0.2) is 0 Å². The molecule has 64 valence electrons. The lowest BCUT2D eigenvalue weighted by molar-refractivity contribution is -0.124. The highest BCUT2D eigenvalue weighted by Gasteiger charge is 2.36. The van der Waals surface area contributed by atoms with Crippen LogP contribution in [-0.2, 0) is 4.79 Å². The molecule has 0 bridgehead atoms. The van der Waals surface area contributed by atoms with E-state index in [0.717, 1.165) is 12.2 Å². The molecule has 0 spiro atoms. The van der Waals surface area contributed by atoms with Crippen molar-refractivity contribution < 1.29 is 4.79 Å². The van der Waals surface area contributed by atoms with Crippen LogP contribution in [0.3, 0.4) is 0 Å². The molecule has 1 aromatic heterocycles. The third kappa shape index (κ3) is 0.913. The maximum atomic E-state index is 11.2. The molecule has 1 unspecified atom stereocenters. The summed E-state index contributed by atoms with van der Waals surface area (Å²) in [5.41, 5.74) is 0. The van der Waals surface area contributed by atoms with Crippen molar-refractivity contribution in [2.24, 2.45) is 0 Å². The first-order valence-corrected chi connectivity index (χ1v) is 4.14. The number of hydrogen-bond acceptors (Lipinski definition) is 2. The van der Waals surface area contributed by atoms with Gasteiger partial charge in [0.1, 0.15) is 5.82 Å². The van der Waals surface area contributed by atoms with Crippen molar-refractivity contribution in [2.45, 2.75) is 25.8 Å². The van der Waals surface area contributed by atoms with Gasteiger partial charge in [-0.2, -0.15) is 5.10 Å². The molecule has 4 heteroatoms. The topological polar surface area (TPSA) is 49.0 Å². The second-order valence-electron chi connectivity index (χ2n) is 2.97. The standard InChI is InChI=1S/C8H11N3O/c1-2-6-5-8(12)11(6)7-3-4-9-10-7/h3-4,6H,2,5H2,1H3,(H,9,10). The Labute approximate surface area is 70.6 Å². The second-order valence-corrected chi connectivity index (χ2v) is 2.97. The molecule has 0 saturated carbocycles. The Balaban J connectivity index is 2.18. The first-order chi connectivity index (χ1) is 5.83. The summed E-state index contributed by atoms with van der Waals surface area (Å²) in [5.74, 6) is 1.00. The predicted octanol–water partition coefficient (Wildman–Crippen LogP) is 0.925. The van der Waals surface area contributed by atoms with Gasteiger partial charge in [-0.05, 0) is 6.42 Å². The highest BCUT2D eigenvalue weighted by molar-refractivity contribution is 5.99. The molecule has 0 radical (unpaired) electrons. The Kier molecular flexibility index (Phi) is 1.60. The summed E-state index contributed by atoms with van der Waals surface area (Å²) >= 11 is 0. The van der Waals surface area contributed by atoms with Gasteiger partial charge in [-0.3, -0.25) is 14.8 Å². The molecule has 2 rings (SSSR count). The molecule has 1 saturated heterocycles. The van der Waals surface area contributed by atoms with Crippen LogP contribution in [0.1, 0.15) is 19.8 Å². The van der Waals surface area contributed by atoms with Gasteiger partial charge in [0.05, 0.1) is 6.20 Å². The zero-order chi connectivity index (χ0) is 8.55. The van der Waals surface area contributed by atoms with Crippen molar-refractivity contribution in [3.05, 3.63) is 12.3 Å². The van der Waals surface area contributed by atoms with Gasteiger partial charge in [0, 0.05) is 18.5 Å². The van der Waals surface area contributed by atoms with Gasteiger partial charge in [-0.15, -0.1) is 0 Å². The van der Waals surface area contributed by atoms with E-state index in [0.29, 0.717) is 12.5 Å². The molecule has 1 N–H and O–H groups in total. The maximum Gasteiger partial charge on any atom is 0.230 e. The second kappa shape index (κ2) is 2.62. The molecule has 4 nitrogen and oxygen atoms in total. The fourth-order valence-electron chi connectivity index (χ4n) is 1.52. The summed E-state index contributed by atoms with van der Waals surface area (Å²) in [6.45, 7) is 2.08. The molecule has 1 atom stereocenters.